The summed E-state index contributed by atoms with van der Waals surface area (Å²) in [5.41, 5.74) is -3.99. The lowest BCUT2D eigenvalue weighted by Gasteiger charge is -2.23. The van der Waals surface area contributed by atoms with Crippen molar-refractivity contribution in [1.82, 2.24) is 20.1 Å². The Hall–Kier alpha value is -3.40. The largest absolute Gasteiger partial charge is 0.444 e. The molecule has 50 heavy (non-hydrogen) atoms. The Balaban J connectivity index is 0.000000348. The highest BCUT2D eigenvalue weighted by atomic mass is 32.2. The molecular formula is C34H56N4O10S2. The molecule has 2 unspecified atom stereocenters. The molecule has 3 rings (SSSR count). The fourth-order valence-electron chi connectivity index (χ4n) is 5.30. The number of amides is 4. The molecule has 0 aromatic carbocycles. The van der Waals surface area contributed by atoms with Gasteiger partial charge in [0, 0.05) is 11.8 Å². The van der Waals surface area contributed by atoms with Crippen LogP contribution in [0.3, 0.4) is 0 Å². The lowest BCUT2D eigenvalue weighted by molar-refractivity contribution is -0.123. The third kappa shape index (κ3) is 14.1. The van der Waals surface area contributed by atoms with Gasteiger partial charge in [0.25, 0.3) is 11.8 Å². The minimum atomic E-state index is -3.77. The number of fused-ring (bicyclic) bond motifs is 1. The smallest absolute Gasteiger partial charge is 0.408 e. The third-order valence-electron chi connectivity index (χ3n) is 8.04. The summed E-state index contributed by atoms with van der Waals surface area (Å²) in [5.74, 6) is -2.23. The number of carbonyl (C=O) groups is 4. The second-order valence-corrected chi connectivity index (χ2v) is 18.7. The van der Waals surface area contributed by atoms with E-state index in [-0.39, 0.29) is 29.8 Å². The average molecular weight is 745 g/mol. The van der Waals surface area contributed by atoms with Crippen LogP contribution < -0.4 is 20.1 Å². The Labute approximate surface area is 297 Å². The Bertz CT molecular complexity index is 1510. The van der Waals surface area contributed by atoms with E-state index in [2.05, 4.69) is 33.2 Å². The SMILES string of the molecule is C=CCCCCCS(=O)(=O)NC(=O)[C@@]1(NC(=O)OC(C)(C)C)CC1C=C.CC(C)(C)OC(=O)N[C@]12CC1/C=C\CCCCCS(=O)(=O)NC2=O. The molecule has 4 atom stereocenters. The summed E-state index contributed by atoms with van der Waals surface area (Å²) in [6.07, 6.45) is 12.3. The number of rotatable bonds is 11. The fourth-order valence-corrected chi connectivity index (χ4v) is 7.60. The number of unbranched alkanes of at least 4 members (excludes halogenated alkanes) is 3. The normalized spacial score (nSPS) is 26.6. The van der Waals surface area contributed by atoms with Crippen LogP contribution in [-0.4, -0.2) is 74.6 Å². The van der Waals surface area contributed by atoms with Gasteiger partial charge in [0.05, 0.1) is 11.5 Å². The molecule has 0 spiro atoms. The maximum atomic E-state index is 12.5. The highest BCUT2D eigenvalue weighted by molar-refractivity contribution is 7.90. The molecular weight excluding hydrogens is 689 g/mol. The van der Waals surface area contributed by atoms with Crippen LogP contribution in [-0.2, 0) is 39.1 Å². The first-order valence-corrected chi connectivity index (χ1v) is 20.3. The van der Waals surface area contributed by atoms with E-state index in [1.54, 1.807) is 47.6 Å². The molecule has 1 heterocycles. The van der Waals surface area contributed by atoms with E-state index in [1.807, 2.05) is 12.2 Å². The highest BCUT2D eigenvalue weighted by Gasteiger charge is 2.62. The number of alkyl carbamates (subject to hydrolysis) is 2. The van der Waals surface area contributed by atoms with Crippen molar-refractivity contribution in [2.24, 2.45) is 11.8 Å². The van der Waals surface area contributed by atoms with Gasteiger partial charge in [-0.15, -0.1) is 13.2 Å². The Morgan fingerprint density at radius 2 is 1.58 bits per heavy atom. The molecule has 14 nitrogen and oxygen atoms in total. The first-order chi connectivity index (χ1) is 23.0. The fraction of sp³-hybridized carbons (Fsp3) is 0.706. The Kier molecular flexibility index (Phi) is 14.7. The topological polar surface area (TPSA) is 203 Å². The van der Waals surface area contributed by atoms with Gasteiger partial charge in [-0.05, 0) is 92.9 Å². The summed E-state index contributed by atoms with van der Waals surface area (Å²) in [7, 11) is -7.46. The number of ether oxygens (including phenoxy) is 2. The van der Waals surface area contributed by atoms with Gasteiger partial charge in [0.1, 0.15) is 22.3 Å². The molecule has 2 aliphatic carbocycles. The molecule has 2 saturated carbocycles. The van der Waals surface area contributed by atoms with Crippen LogP contribution in [0.1, 0.15) is 106 Å². The van der Waals surface area contributed by atoms with Gasteiger partial charge in [0.15, 0.2) is 0 Å². The summed E-state index contributed by atoms with van der Waals surface area (Å²) in [6.45, 7) is 17.5. The van der Waals surface area contributed by atoms with Crippen molar-refractivity contribution >= 4 is 44.0 Å². The second-order valence-electron chi connectivity index (χ2n) is 15.0. The molecule has 0 aromatic heterocycles. The average Bonchev–Trinajstić information content (AvgIpc) is 3.84. The van der Waals surface area contributed by atoms with Crippen molar-refractivity contribution in [1.29, 1.82) is 0 Å². The van der Waals surface area contributed by atoms with Crippen molar-refractivity contribution < 1.29 is 45.5 Å². The number of carbonyl (C=O) groups excluding carboxylic acids is 4. The van der Waals surface area contributed by atoms with E-state index >= 15 is 0 Å². The molecule has 3 aliphatic rings. The molecule has 1 aliphatic heterocycles. The number of nitrogens with one attached hydrogen (secondary N) is 4. The Morgan fingerprint density at radius 1 is 0.960 bits per heavy atom. The zero-order chi connectivity index (χ0) is 38.0. The quantitative estimate of drug-likeness (QED) is 0.172. The lowest BCUT2D eigenvalue weighted by atomic mass is 10.1. The number of hydrogen-bond donors (Lipinski definition) is 4. The third-order valence-corrected chi connectivity index (χ3v) is 10.7. The summed E-state index contributed by atoms with van der Waals surface area (Å²) < 4.78 is 62.9. The van der Waals surface area contributed by atoms with Gasteiger partial charge >= 0.3 is 12.2 Å². The highest BCUT2D eigenvalue weighted by Crippen LogP contribution is 2.46. The summed E-state index contributed by atoms with van der Waals surface area (Å²) in [4.78, 5) is 49.1. The lowest BCUT2D eigenvalue weighted by Crippen LogP contribution is -2.53. The van der Waals surface area contributed by atoms with Crippen molar-refractivity contribution in [2.75, 3.05) is 11.5 Å². The van der Waals surface area contributed by atoms with Gasteiger partial charge < -0.3 is 20.1 Å². The van der Waals surface area contributed by atoms with Crippen LogP contribution in [0.2, 0.25) is 0 Å². The monoisotopic (exact) mass is 744 g/mol. The van der Waals surface area contributed by atoms with Crippen LogP contribution >= 0.6 is 0 Å². The molecule has 2 fully saturated rings. The Morgan fingerprint density at radius 3 is 2.14 bits per heavy atom. The predicted molar refractivity (Wildman–Crippen MR) is 191 cm³/mol. The first-order valence-electron chi connectivity index (χ1n) is 17.0. The second kappa shape index (κ2) is 17.2. The van der Waals surface area contributed by atoms with Crippen molar-refractivity contribution in [2.45, 2.75) is 128 Å². The molecule has 4 amide bonds. The first kappa shape index (κ1) is 42.8. The molecule has 0 saturated heterocycles. The maximum absolute atomic E-state index is 12.5. The summed E-state index contributed by atoms with van der Waals surface area (Å²) in [5, 5.41) is 5.09. The minimum absolute atomic E-state index is 0.0877. The molecule has 0 radical (unpaired) electrons. The zero-order valence-electron chi connectivity index (χ0n) is 30.3. The van der Waals surface area contributed by atoms with Crippen LogP contribution in [0.25, 0.3) is 0 Å². The molecule has 0 bridgehead atoms. The van der Waals surface area contributed by atoms with Gasteiger partial charge in [-0.25, -0.2) is 26.4 Å². The number of sulfonamides is 2. The van der Waals surface area contributed by atoms with Crippen molar-refractivity contribution in [3.05, 3.63) is 37.5 Å². The standard InChI is InChI=1S/C18H30N2O5S.C16H26N2O5S/c1-6-8-9-10-11-12-26(23,24)20-15(21)18(13-14(18)7-2)19-16(22)25-17(3,4)5;1-15(2,3)23-14(20)17-16-11-12(16)9-7-5-4-6-8-10-24(21,22)18-13(16)19/h6-7,14H,1-2,8-13H2,3-5H3,(H,19,22)(H,20,21);7,9,12H,4-6,8,10-11H2,1-3H3,(H,17,20)(H,18,19)/b;9-7-/t14?,18-;12?,16-/m11/s1. The van der Waals surface area contributed by atoms with Crippen molar-refractivity contribution in [3.8, 4) is 0 Å². The maximum Gasteiger partial charge on any atom is 0.408 e. The predicted octanol–water partition coefficient (Wildman–Crippen LogP) is 4.49. The van der Waals surface area contributed by atoms with Crippen LogP contribution in [0.4, 0.5) is 9.59 Å². The van der Waals surface area contributed by atoms with Gasteiger partial charge in [0.2, 0.25) is 20.0 Å². The van der Waals surface area contributed by atoms with E-state index in [0.717, 1.165) is 38.5 Å². The molecule has 284 valence electrons. The van der Waals surface area contributed by atoms with E-state index < -0.39 is 66.3 Å². The van der Waals surface area contributed by atoms with Crippen LogP contribution in [0, 0.1) is 11.8 Å². The molecule has 16 heteroatoms. The van der Waals surface area contributed by atoms with Gasteiger partial charge in [-0.3, -0.25) is 19.0 Å². The summed E-state index contributed by atoms with van der Waals surface area (Å²) in [6, 6.07) is 0. The van der Waals surface area contributed by atoms with Crippen LogP contribution in [0.15, 0.2) is 37.5 Å². The minimum Gasteiger partial charge on any atom is -0.444 e. The van der Waals surface area contributed by atoms with Crippen LogP contribution in [0.5, 0.6) is 0 Å². The number of allylic oxidation sites excluding steroid dienone is 2. The number of hydrogen-bond acceptors (Lipinski definition) is 10. The molecule has 0 aromatic rings. The summed E-state index contributed by atoms with van der Waals surface area (Å²) >= 11 is 0. The van der Waals surface area contributed by atoms with Gasteiger partial charge in [-0.2, -0.15) is 0 Å². The zero-order valence-corrected chi connectivity index (χ0v) is 31.9. The van der Waals surface area contributed by atoms with Crippen molar-refractivity contribution in [3.63, 3.8) is 0 Å². The van der Waals surface area contributed by atoms with E-state index in [1.165, 1.54) is 6.08 Å². The van der Waals surface area contributed by atoms with Gasteiger partial charge in [-0.1, -0.05) is 37.1 Å². The van der Waals surface area contributed by atoms with E-state index in [9.17, 15) is 36.0 Å². The van der Waals surface area contributed by atoms with E-state index in [0.29, 0.717) is 19.3 Å². The molecule has 4 N–H and O–H groups in total. The van der Waals surface area contributed by atoms with E-state index in [4.69, 9.17) is 9.47 Å².